The summed E-state index contributed by atoms with van der Waals surface area (Å²) < 4.78 is 8.53. The molecular formula is C15H15ClN4OS. The molecular weight excluding hydrogens is 320 g/mol. The Labute approximate surface area is 138 Å². The Kier molecular flexibility index (Phi) is 4.31. The maximum atomic E-state index is 6.07. The molecule has 0 bridgehead atoms. The maximum absolute atomic E-state index is 6.07. The highest BCUT2D eigenvalue weighted by Crippen LogP contribution is 2.41. The van der Waals surface area contributed by atoms with Crippen LogP contribution in [-0.4, -0.2) is 20.1 Å². The summed E-state index contributed by atoms with van der Waals surface area (Å²) in [5.41, 5.74) is 2.69. The minimum Gasteiger partial charge on any atom is -0.494 e. The number of anilines is 2. The van der Waals surface area contributed by atoms with Gasteiger partial charge in [0.15, 0.2) is 0 Å². The highest BCUT2D eigenvalue weighted by Gasteiger charge is 2.18. The lowest BCUT2D eigenvalue weighted by atomic mass is 10.2. The largest absolute Gasteiger partial charge is 0.494 e. The fourth-order valence-corrected chi connectivity index (χ4v) is 3.13. The van der Waals surface area contributed by atoms with Crippen molar-refractivity contribution in [3.63, 3.8) is 0 Å². The summed E-state index contributed by atoms with van der Waals surface area (Å²) in [4.78, 5) is 5.52. The molecule has 0 fully saturated rings. The van der Waals surface area contributed by atoms with Gasteiger partial charge in [-0.05, 0) is 30.1 Å². The number of aliphatic imine (C=N–C) groups is 1. The van der Waals surface area contributed by atoms with Gasteiger partial charge < -0.3 is 15.4 Å². The number of hydrogen-bond acceptors (Lipinski definition) is 6. The van der Waals surface area contributed by atoms with E-state index >= 15 is 0 Å². The van der Waals surface area contributed by atoms with E-state index in [1.165, 1.54) is 11.9 Å². The first-order valence-electron chi connectivity index (χ1n) is 6.64. The lowest BCUT2D eigenvalue weighted by molar-refractivity contribution is 0.415. The number of ether oxygens (including phenoxy) is 1. The van der Waals surface area contributed by atoms with Crippen LogP contribution in [0.15, 0.2) is 46.3 Å². The van der Waals surface area contributed by atoms with Crippen LogP contribution in [0.5, 0.6) is 5.75 Å². The number of rotatable bonds is 3. The van der Waals surface area contributed by atoms with E-state index in [9.17, 15) is 0 Å². The maximum Gasteiger partial charge on any atom is 0.211 e. The van der Waals surface area contributed by atoms with Crippen LogP contribution in [0.2, 0.25) is 5.02 Å². The SMILES string of the molecule is CNc1ccccc1NC1=Nc2c(OC)cc(Cl)cc2SN1. The van der Waals surface area contributed by atoms with Crippen LogP contribution >= 0.6 is 23.5 Å². The van der Waals surface area contributed by atoms with Crippen LogP contribution in [0.25, 0.3) is 0 Å². The fourth-order valence-electron chi connectivity index (χ4n) is 2.12. The van der Waals surface area contributed by atoms with Gasteiger partial charge in [0, 0.05) is 18.1 Å². The molecule has 3 N–H and O–H groups in total. The van der Waals surface area contributed by atoms with E-state index in [0.717, 1.165) is 22.0 Å². The van der Waals surface area contributed by atoms with E-state index in [-0.39, 0.29) is 0 Å². The van der Waals surface area contributed by atoms with Gasteiger partial charge in [-0.15, -0.1) is 0 Å². The van der Waals surface area contributed by atoms with E-state index in [0.29, 0.717) is 16.7 Å². The van der Waals surface area contributed by atoms with Crippen LogP contribution in [0, 0.1) is 0 Å². The third-order valence-corrected chi connectivity index (χ3v) is 4.20. The Morgan fingerprint density at radius 3 is 2.73 bits per heavy atom. The normalized spacial score (nSPS) is 12.8. The Bertz CT molecular complexity index is 735. The Morgan fingerprint density at radius 1 is 1.23 bits per heavy atom. The predicted molar refractivity (Wildman–Crippen MR) is 93.7 cm³/mol. The molecule has 2 aromatic carbocycles. The van der Waals surface area contributed by atoms with Crippen LogP contribution in [-0.2, 0) is 0 Å². The first-order valence-corrected chi connectivity index (χ1v) is 7.83. The zero-order valence-electron chi connectivity index (χ0n) is 12.1. The van der Waals surface area contributed by atoms with Crippen molar-refractivity contribution in [1.29, 1.82) is 0 Å². The summed E-state index contributed by atoms with van der Waals surface area (Å²) in [7, 11) is 3.49. The molecule has 1 aliphatic heterocycles. The average Bonchev–Trinajstić information content (AvgIpc) is 2.55. The molecule has 0 radical (unpaired) electrons. The Hall–Kier alpha value is -2.05. The second-order valence-corrected chi connectivity index (χ2v) is 5.82. The van der Waals surface area contributed by atoms with Gasteiger partial charge in [-0.3, -0.25) is 4.72 Å². The van der Waals surface area contributed by atoms with Crippen molar-refractivity contribution in [3.05, 3.63) is 41.4 Å². The average molecular weight is 335 g/mol. The fraction of sp³-hybridized carbons (Fsp3) is 0.133. The number of guanidine groups is 1. The van der Waals surface area contributed by atoms with Crippen molar-refractivity contribution in [2.45, 2.75) is 4.90 Å². The lowest BCUT2D eigenvalue weighted by Crippen LogP contribution is -2.27. The molecule has 0 saturated carbocycles. The van der Waals surface area contributed by atoms with E-state index in [1.807, 2.05) is 37.4 Å². The Morgan fingerprint density at radius 2 is 2.00 bits per heavy atom. The van der Waals surface area contributed by atoms with Gasteiger partial charge in [0.1, 0.15) is 11.4 Å². The second-order valence-electron chi connectivity index (χ2n) is 4.54. The Balaban J connectivity index is 1.94. The molecule has 5 nitrogen and oxygen atoms in total. The van der Waals surface area contributed by atoms with Gasteiger partial charge in [-0.1, -0.05) is 23.7 Å². The van der Waals surface area contributed by atoms with E-state index in [1.54, 1.807) is 13.2 Å². The number of nitrogens with one attached hydrogen (secondary N) is 3. The highest BCUT2D eigenvalue weighted by molar-refractivity contribution is 7.98. The van der Waals surface area contributed by atoms with Crippen molar-refractivity contribution in [2.24, 2.45) is 4.99 Å². The smallest absolute Gasteiger partial charge is 0.211 e. The van der Waals surface area contributed by atoms with E-state index in [4.69, 9.17) is 16.3 Å². The molecule has 1 heterocycles. The molecule has 0 aliphatic carbocycles. The molecule has 7 heteroatoms. The van der Waals surface area contributed by atoms with Gasteiger partial charge in [0.25, 0.3) is 0 Å². The number of hydrogen-bond donors (Lipinski definition) is 3. The number of fused-ring (bicyclic) bond motifs is 1. The highest BCUT2D eigenvalue weighted by atomic mass is 35.5. The van der Waals surface area contributed by atoms with Crippen molar-refractivity contribution in [1.82, 2.24) is 4.72 Å². The minimum atomic E-state index is 0.622. The lowest BCUT2D eigenvalue weighted by Gasteiger charge is -2.20. The minimum absolute atomic E-state index is 0.622. The van der Waals surface area contributed by atoms with Crippen LogP contribution < -0.4 is 20.1 Å². The molecule has 114 valence electrons. The summed E-state index contributed by atoms with van der Waals surface area (Å²) in [6.07, 6.45) is 0. The quantitative estimate of drug-likeness (QED) is 0.738. The van der Waals surface area contributed by atoms with Crippen molar-refractivity contribution >= 4 is 46.6 Å². The summed E-state index contributed by atoms with van der Waals surface area (Å²) >= 11 is 7.52. The summed E-state index contributed by atoms with van der Waals surface area (Å²) in [6.45, 7) is 0. The van der Waals surface area contributed by atoms with E-state index in [2.05, 4.69) is 20.3 Å². The molecule has 1 aliphatic rings. The zero-order chi connectivity index (χ0) is 15.5. The van der Waals surface area contributed by atoms with Gasteiger partial charge in [0.05, 0.1) is 23.4 Å². The molecule has 0 saturated heterocycles. The standard InChI is InChI=1S/C15H15ClN4OS/c1-17-10-5-3-4-6-11(10)18-15-19-14-12(21-2)7-9(16)8-13(14)22-20-15/h3-8,17H,1-2H3,(H2,18,19,20). The van der Waals surface area contributed by atoms with Crippen molar-refractivity contribution < 1.29 is 4.74 Å². The van der Waals surface area contributed by atoms with Crippen LogP contribution in [0.1, 0.15) is 0 Å². The van der Waals surface area contributed by atoms with E-state index < -0.39 is 0 Å². The number of para-hydroxylation sites is 2. The van der Waals surface area contributed by atoms with Gasteiger partial charge >= 0.3 is 0 Å². The molecule has 2 aromatic rings. The predicted octanol–water partition coefficient (Wildman–Crippen LogP) is 4.10. The van der Waals surface area contributed by atoms with Crippen LogP contribution in [0.4, 0.5) is 17.1 Å². The number of methoxy groups -OCH3 is 1. The monoisotopic (exact) mass is 334 g/mol. The van der Waals surface area contributed by atoms with Crippen molar-refractivity contribution in [2.75, 3.05) is 24.8 Å². The summed E-state index contributed by atoms with van der Waals surface area (Å²) in [5.74, 6) is 1.29. The number of nitrogens with zero attached hydrogens (tertiary/aromatic N) is 1. The molecule has 0 spiro atoms. The molecule has 0 unspecified atom stereocenters. The number of benzene rings is 2. The second kappa shape index (κ2) is 6.37. The molecule has 0 amide bonds. The third-order valence-electron chi connectivity index (χ3n) is 3.16. The van der Waals surface area contributed by atoms with Crippen LogP contribution in [0.3, 0.4) is 0 Å². The molecule has 3 rings (SSSR count). The molecule has 0 aromatic heterocycles. The summed E-state index contributed by atoms with van der Waals surface area (Å²) in [6, 6.07) is 11.5. The first-order chi connectivity index (χ1) is 10.7. The molecule has 22 heavy (non-hydrogen) atoms. The topological polar surface area (TPSA) is 57.7 Å². The zero-order valence-corrected chi connectivity index (χ0v) is 13.7. The van der Waals surface area contributed by atoms with Gasteiger partial charge in [-0.25, -0.2) is 4.99 Å². The molecule has 0 atom stereocenters. The number of halogens is 1. The van der Waals surface area contributed by atoms with Crippen molar-refractivity contribution in [3.8, 4) is 5.75 Å². The first kappa shape index (κ1) is 14.9. The van der Waals surface area contributed by atoms with Gasteiger partial charge in [0.2, 0.25) is 5.96 Å². The third kappa shape index (κ3) is 2.93. The van der Waals surface area contributed by atoms with Gasteiger partial charge in [-0.2, -0.15) is 0 Å². The summed E-state index contributed by atoms with van der Waals surface area (Å²) in [5, 5.41) is 7.04.